The fourth-order valence-electron chi connectivity index (χ4n) is 1.34. The summed E-state index contributed by atoms with van der Waals surface area (Å²) in [4.78, 5) is 11.8. The lowest BCUT2D eigenvalue weighted by molar-refractivity contribution is 0.0934. The molecule has 0 heterocycles. The second-order valence-corrected chi connectivity index (χ2v) is 5.50. The van der Waals surface area contributed by atoms with Gasteiger partial charge in [0.05, 0.1) is 17.1 Å². The van der Waals surface area contributed by atoms with Crippen molar-refractivity contribution in [1.29, 1.82) is 0 Å². The highest BCUT2D eigenvalue weighted by atomic mass is 32.2. The molecule has 0 aliphatic carbocycles. The van der Waals surface area contributed by atoms with Gasteiger partial charge in [-0.05, 0) is 12.1 Å². The normalized spacial score (nSPS) is 11.2. The Hall–Kier alpha value is -1.40. The van der Waals surface area contributed by atoms with Gasteiger partial charge >= 0.3 is 0 Å². The third-order valence-corrected chi connectivity index (χ3v) is 3.28. The molecule has 1 aromatic carbocycles. The molecule has 0 fully saturated rings. The summed E-state index contributed by atoms with van der Waals surface area (Å²) in [7, 11) is -1.88. The Kier molecular flexibility index (Phi) is 4.65. The van der Waals surface area contributed by atoms with Gasteiger partial charge in [-0.1, -0.05) is 12.1 Å². The van der Waals surface area contributed by atoms with Gasteiger partial charge in [0.15, 0.2) is 9.84 Å². The lowest BCUT2D eigenvalue weighted by atomic mass is 10.2. The summed E-state index contributed by atoms with van der Waals surface area (Å²) >= 11 is 0. The minimum atomic E-state index is -3.40. The minimum Gasteiger partial charge on any atom is -0.383 e. The first-order chi connectivity index (χ1) is 7.96. The smallest absolute Gasteiger partial charge is 0.252 e. The van der Waals surface area contributed by atoms with Crippen molar-refractivity contribution in [2.45, 2.75) is 4.90 Å². The summed E-state index contributed by atoms with van der Waals surface area (Å²) in [5, 5.41) is 2.58. The largest absolute Gasteiger partial charge is 0.383 e. The van der Waals surface area contributed by atoms with Crippen LogP contribution in [0.3, 0.4) is 0 Å². The molecular formula is C11H15NO4S. The molecule has 0 spiro atoms. The van der Waals surface area contributed by atoms with E-state index in [4.69, 9.17) is 4.74 Å². The number of methoxy groups -OCH3 is 1. The maximum atomic E-state index is 11.8. The third-order valence-electron chi connectivity index (χ3n) is 2.12. The number of sulfone groups is 1. The summed E-state index contributed by atoms with van der Waals surface area (Å²) in [6, 6.07) is 6.11. The topological polar surface area (TPSA) is 72.5 Å². The number of benzene rings is 1. The summed E-state index contributed by atoms with van der Waals surface area (Å²) < 4.78 is 27.8. The van der Waals surface area contributed by atoms with Gasteiger partial charge in [0, 0.05) is 19.9 Å². The predicted octanol–water partition coefficient (Wildman–Crippen LogP) is 0.466. The molecule has 94 valence electrons. The van der Waals surface area contributed by atoms with Crippen LogP contribution in [0.5, 0.6) is 0 Å². The first-order valence-corrected chi connectivity index (χ1v) is 6.92. The van der Waals surface area contributed by atoms with Crippen LogP contribution in [0.25, 0.3) is 0 Å². The average Bonchev–Trinajstić information content (AvgIpc) is 2.28. The first-order valence-electron chi connectivity index (χ1n) is 5.03. The van der Waals surface area contributed by atoms with E-state index in [1.807, 2.05) is 0 Å². The third kappa shape index (κ3) is 3.83. The van der Waals surface area contributed by atoms with Crippen LogP contribution >= 0.6 is 0 Å². The highest BCUT2D eigenvalue weighted by Crippen LogP contribution is 2.14. The standard InChI is InChI=1S/C11H15NO4S/c1-16-8-7-12-11(13)9-5-3-4-6-10(9)17(2,14)15/h3-6H,7-8H2,1-2H3,(H,12,13). The molecule has 6 heteroatoms. The van der Waals surface area contributed by atoms with Gasteiger partial charge in [-0.3, -0.25) is 4.79 Å². The summed E-state index contributed by atoms with van der Waals surface area (Å²) in [6.45, 7) is 0.722. The van der Waals surface area contributed by atoms with Crippen molar-refractivity contribution in [3.8, 4) is 0 Å². The lowest BCUT2D eigenvalue weighted by Crippen LogP contribution is -2.28. The van der Waals surface area contributed by atoms with Crippen LogP contribution in [-0.2, 0) is 14.6 Å². The van der Waals surface area contributed by atoms with Crippen LogP contribution in [-0.4, -0.2) is 40.8 Å². The van der Waals surface area contributed by atoms with E-state index in [2.05, 4.69) is 5.32 Å². The number of hydrogen-bond donors (Lipinski definition) is 1. The fraction of sp³-hybridized carbons (Fsp3) is 0.364. The molecule has 5 nitrogen and oxygen atoms in total. The van der Waals surface area contributed by atoms with E-state index in [0.717, 1.165) is 6.26 Å². The predicted molar refractivity (Wildman–Crippen MR) is 63.8 cm³/mol. The molecule has 1 amide bonds. The maximum absolute atomic E-state index is 11.8. The second kappa shape index (κ2) is 5.79. The molecule has 0 aromatic heterocycles. The van der Waals surface area contributed by atoms with Crippen molar-refractivity contribution in [2.24, 2.45) is 0 Å². The van der Waals surface area contributed by atoms with Crippen molar-refractivity contribution >= 4 is 15.7 Å². The van der Waals surface area contributed by atoms with Gasteiger partial charge in [0.2, 0.25) is 0 Å². The van der Waals surface area contributed by atoms with Gasteiger partial charge in [-0.2, -0.15) is 0 Å². The Bertz CT molecular complexity index is 496. The van der Waals surface area contributed by atoms with Crippen molar-refractivity contribution in [2.75, 3.05) is 26.5 Å². The molecule has 0 radical (unpaired) electrons. The van der Waals surface area contributed by atoms with Crippen LogP contribution in [0.2, 0.25) is 0 Å². The SMILES string of the molecule is COCCNC(=O)c1ccccc1S(C)(=O)=O. The van der Waals surface area contributed by atoms with Gasteiger partial charge in [-0.15, -0.1) is 0 Å². The van der Waals surface area contributed by atoms with Gasteiger partial charge in [0.1, 0.15) is 0 Å². The fourth-order valence-corrected chi connectivity index (χ4v) is 2.23. The monoisotopic (exact) mass is 257 g/mol. The van der Waals surface area contributed by atoms with Crippen LogP contribution in [0.1, 0.15) is 10.4 Å². The highest BCUT2D eigenvalue weighted by molar-refractivity contribution is 7.90. The molecule has 0 atom stereocenters. The van der Waals surface area contributed by atoms with E-state index in [1.54, 1.807) is 12.1 Å². The Morgan fingerprint density at radius 1 is 1.35 bits per heavy atom. The Morgan fingerprint density at radius 3 is 2.59 bits per heavy atom. The van der Waals surface area contributed by atoms with E-state index >= 15 is 0 Å². The molecule has 0 saturated carbocycles. The zero-order valence-corrected chi connectivity index (χ0v) is 10.6. The van der Waals surface area contributed by atoms with Crippen LogP contribution in [0, 0.1) is 0 Å². The van der Waals surface area contributed by atoms with Crippen LogP contribution in [0.4, 0.5) is 0 Å². The van der Waals surface area contributed by atoms with Gasteiger partial charge < -0.3 is 10.1 Å². The summed E-state index contributed by atoms with van der Waals surface area (Å²) in [6.07, 6.45) is 1.08. The number of ether oxygens (including phenoxy) is 1. The van der Waals surface area contributed by atoms with Gasteiger partial charge in [0.25, 0.3) is 5.91 Å². The quantitative estimate of drug-likeness (QED) is 0.778. The molecular weight excluding hydrogens is 242 g/mol. The van der Waals surface area contributed by atoms with Crippen molar-refractivity contribution in [1.82, 2.24) is 5.32 Å². The van der Waals surface area contributed by atoms with Crippen LogP contribution < -0.4 is 5.32 Å². The van der Waals surface area contributed by atoms with Crippen LogP contribution in [0.15, 0.2) is 29.2 Å². The van der Waals surface area contributed by atoms with Gasteiger partial charge in [-0.25, -0.2) is 8.42 Å². The molecule has 17 heavy (non-hydrogen) atoms. The van der Waals surface area contributed by atoms with Crippen molar-refractivity contribution in [3.63, 3.8) is 0 Å². The molecule has 1 rings (SSSR count). The Morgan fingerprint density at radius 2 is 2.00 bits per heavy atom. The van der Waals surface area contributed by atoms with E-state index in [9.17, 15) is 13.2 Å². The number of nitrogens with one attached hydrogen (secondary N) is 1. The molecule has 0 bridgehead atoms. The molecule has 0 aliphatic heterocycles. The molecule has 0 unspecified atom stereocenters. The summed E-state index contributed by atoms with van der Waals surface area (Å²) in [5.41, 5.74) is 0.158. The van der Waals surface area contributed by atoms with Crippen molar-refractivity contribution in [3.05, 3.63) is 29.8 Å². The molecule has 1 aromatic rings. The average molecular weight is 257 g/mol. The number of rotatable bonds is 5. The number of hydrogen-bond acceptors (Lipinski definition) is 4. The number of carbonyl (C=O) groups excluding carboxylic acids is 1. The van der Waals surface area contributed by atoms with E-state index < -0.39 is 15.7 Å². The van der Waals surface area contributed by atoms with E-state index in [0.29, 0.717) is 13.2 Å². The number of amides is 1. The van der Waals surface area contributed by atoms with E-state index in [-0.39, 0.29) is 10.5 Å². The molecule has 0 saturated heterocycles. The van der Waals surface area contributed by atoms with E-state index in [1.165, 1.54) is 19.2 Å². The Balaban J connectivity index is 2.94. The minimum absolute atomic E-state index is 0.0370. The molecule has 1 N–H and O–H groups in total. The molecule has 0 aliphatic rings. The number of carbonyl (C=O) groups is 1. The maximum Gasteiger partial charge on any atom is 0.252 e. The zero-order chi connectivity index (χ0) is 12.9. The first kappa shape index (κ1) is 13.7. The second-order valence-electron chi connectivity index (χ2n) is 3.52. The highest BCUT2D eigenvalue weighted by Gasteiger charge is 2.17. The Labute approximate surface area is 101 Å². The van der Waals surface area contributed by atoms with Crippen molar-refractivity contribution < 1.29 is 17.9 Å². The zero-order valence-electron chi connectivity index (χ0n) is 9.76. The lowest BCUT2D eigenvalue weighted by Gasteiger charge is -2.08. The summed E-state index contributed by atoms with van der Waals surface area (Å²) in [5.74, 6) is -0.414.